The smallest absolute Gasteiger partial charge is 0.422 e. The molecule has 1 aliphatic heterocycles. The number of ether oxygens (including phenoxy) is 2. The minimum absolute atomic E-state index is 0.0830. The van der Waals surface area contributed by atoms with Gasteiger partial charge in [-0.15, -0.1) is 11.3 Å². The number of likely N-dealkylation sites (tertiary alicyclic amines) is 1. The summed E-state index contributed by atoms with van der Waals surface area (Å²) >= 11 is 1.39. The van der Waals surface area contributed by atoms with E-state index in [1.165, 1.54) is 11.3 Å². The number of H-pyrrole nitrogens is 1. The summed E-state index contributed by atoms with van der Waals surface area (Å²) in [5, 5.41) is 0.523. The molecule has 12 heteroatoms. The number of hydrogen-bond acceptors (Lipinski definition) is 7. The summed E-state index contributed by atoms with van der Waals surface area (Å²) in [7, 11) is 0. The fourth-order valence-electron chi connectivity index (χ4n) is 3.32. The predicted octanol–water partition coefficient (Wildman–Crippen LogP) is 3.62. The predicted molar refractivity (Wildman–Crippen MR) is 106 cm³/mol. The van der Waals surface area contributed by atoms with Gasteiger partial charge in [0.25, 0.3) is 5.56 Å². The number of amides is 1. The normalized spacial score (nSPS) is 16.4. The fourth-order valence-corrected chi connectivity index (χ4v) is 4.36. The number of rotatable bonds is 4. The molecule has 1 unspecified atom stereocenters. The first-order chi connectivity index (χ1) is 14.5. The number of hydrogen-bond donors (Lipinski definition) is 1. The highest BCUT2D eigenvalue weighted by Gasteiger charge is 2.34. The first-order valence-electron chi connectivity index (χ1n) is 9.65. The lowest BCUT2D eigenvalue weighted by Gasteiger charge is -2.30. The topological polar surface area (TPSA) is 102 Å². The van der Waals surface area contributed by atoms with Crippen LogP contribution in [0.4, 0.5) is 18.0 Å². The van der Waals surface area contributed by atoms with Crippen molar-refractivity contribution in [1.82, 2.24) is 14.9 Å². The van der Waals surface area contributed by atoms with Crippen LogP contribution in [0.25, 0.3) is 10.2 Å². The van der Waals surface area contributed by atoms with Crippen LogP contribution in [0.1, 0.15) is 42.1 Å². The number of nitrogens with one attached hydrogen (secondary N) is 1. The fraction of sp³-hybridized carbons (Fsp3) is 0.579. The Balaban J connectivity index is 1.57. The molecule has 1 aliphatic rings. The van der Waals surface area contributed by atoms with Gasteiger partial charge in [0.1, 0.15) is 4.83 Å². The minimum atomic E-state index is -4.59. The van der Waals surface area contributed by atoms with Crippen LogP contribution in [0, 0.1) is 19.8 Å². The van der Waals surface area contributed by atoms with E-state index in [2.05, 4.69) is 14.7 Å². The summed E-state index contributed by atoms with van der Waals surface area (Å²) < 4.78 is 46.2. The quantitative estimate of drug-likeness (QED) is 0.698. The van der Waals surface area contributed by atoms with E-state index in [0.29, 0.717) is 10.2 Å². The number of carbonyl (C=O) groups is 2. The minimum Gasteiger partial charge on any atom is -0.454 e. The first kappa shape index (κ1) is 23.0. The molecule has 0 saturated carbocycles. The van der Waals surface area contributed by atoms with E-state index in [4.69, 9.17) is 4.74 Å². The van der Waals surface area contributed by atoms with Crippen molar-refractivity contribution in [3.05, 3.63) is 26.6 Å². The maximum Gasteiger partial charge on any atom is 0.422 e. The van der Waals surface area contributed by atoms with Crippen molar-refractivity contribution < 1.29 is 32.2 Å². The summed E-state index contributed by atoms with van der Waals surface area (Å²) in [6.45, 7) is 3.86. The molecule has 0 radical (unpaired) electrons. The van der Waals surface area contributed by atoms with E-state index in [9.17, 15) is 27.6 Å². The van der Waals surface area contributed by atoms with Crippen LogP contribution >= 0.6 is 11.3 Å². The van der Waals surface area contributed by atoms with Gasteiger partial charge in [-0.05, 0) is 39.2 Å². The summed E-state index contributed by atoms with van der Waals surface area (Å²) in [4.78, 5) is 46.4. The number of aryl methyl sites for hydroxylation is 2. The monoisotopic (exact) mass is 461 g/mol. The highest BCUT2D eigenvalue weighted by atomic mass is 32.1. The van der Waals surface area contributed by atoms with E-state index in [0.717, 1.165) is 15.3 Å². The largest absolute Gasteiger partial charge is 0.454 e. The zero-order valence-corrected chi connectivity index (χ0v) is 18.0. The Labute approximate surface area is 179 Å². The van der Waals surface area contributed by atoms with Crippen molar-refractivity contribution in [3.8, 4) is 0 Å². The number of fused-ring (bicyclic) bond motifs is 1. The van der Waals surface area contributed by atoms with Crippen LogP contribution in [0.2, 0.25) is 0 Å². The molecule has 2 aromatic rings. The lowest BCUT2D eigenvalue weighted by Crippen LogP contribution is -2.42. The molecule has 1 fully saturated rings. The van der Waals surface area contributed by atoms with E-state index >= 15 is 0 Å². The number of alkyl halides is 3. The molecule has 1 atom stereocenters. The van der Waals surface area contributed by atoms with Gasteiger partial charge in [-0.2, -0.15) is 13.2 Å². The van der Waals surface area contributed by atoms with Gasteiger partial charge < -0.3 is 19.4 Å². The van der Waals surface area contributed by atoms with Gasteiger partial charge in [0, 0.05) is 18.0 Å². The standard InChI is InChI=1S/C19H22F3N3O5S/c1-9-11(3)31-16-13(9)15(26)23-14(24-16)10(2)30-17(27)12-4-6-25(7-5-12)18(28)29-8-19(20,21)22/h10,12H,4-8H2,1-3H3,(H,23,24,26). The van der Waals surface area contributed by atoms with E-state index in [1.807, 2.05) is 13.8 Å². The van der Waals surface area contributed by atoms with Crippen molar-refractivity contribution >= 4 is 33.6 Å². The highest BCUT2D eigenvalue weighted by molar-refractivity contribution is 7.18. The van der Waals surface area contributed by atoms with Gasteiger partial charge in [-0.1, -0.05) is 0 Å². The number of nitrogens with zero attached hydrogens (tertiary/aromatic N) is 2. The second-order valence-electron chi connectivity index (χ2n) is 7.42. The highest BCUT2D eigenvalue weighted by Crippen LogP contribution is 2.28. The lowest BCUT2D eigenvalue weighted by molar-refractivity contribution is -0.163. The Kier molecular flexibility index (Phi) is 6.58. The molecule has 0 aliphatic carbocycles. The molecular weight excluding hydrogens is 439 g/mol. The maximum atomic E-state index is 12.5. The molecular formula is C19H22F3N3O5S. The molecule has 0 aromatic carbocycles. The van der Waals surface area contributed by atoms with Crippen molar-refractivity contribution in [3.63, 3.8) is 0 Å². The summed E-state index contributed by atoms with van der Waals surface area (Å²) in [5.41, 5.74) is 0.570. The average Bonchev–Trinajstić information content (AvgIpc) is 2.99. The molecule has 31 heavy (non-hydrogen) atoms. The van der Waals surface area contributed by atoms with Gasteiger partial charge in [0.05, 0.1) is 11.3 Å². The van der Waals surface area contributed by atoms with Crippen molar-refractivity contribution in [2.75, 3.05) is 19.7 Å². The third kappa shape index (κ3) is 5.35. The molecule has 3 rings (SSSR count). The maximum absolute atomic E-state index is 12.5. The van der Waals surface area contributed by atoms with E-state index in [1.54, 1.807) is 6.92 Å². The van der Waals surface area contributed by atoms with Crippen LogP contribution in [0.3, 0.4) is 0 Å². The Morgan fingerprint density at radius 2 is 1.94 bits per heavy atom. The van der Waals surface area contributed by atoms with Gasteiger partial charge in [-0.25, -0.2) is 9.78 Å². The Bertz CT molecular complexity index is 1040. The lowest BCUT2D eigenvalue weighted by atomic mass is 9.97. The van der Waals surface area contributed by atoms with E-state index < -0.39 is 36.9 Å². The number of esters is 1. The van der Waals surface area contributed by atoms with E-state index in [-0.39, 0.29) is 37.3 Å². The molecule has 0 bridgehead atoms. The second kappa shape index (κ2) is 8.85. The molecule has 1 amide bonds. The molecule has 3 heterocycles. The van der Waals surface area contributed by atoms with Crippen LogP contribution in [-0.4, -0.2) is 52.8 Å². The van der Waals surface area contributed by atoms with Crippen LogP contribution in [-0.2, 0) is 14.3 Å². The van der Waals surface area contributed by atoms with Gasteiger partial charge in [0.2, 0.25) is 0 Å². The molecule has 170 valence electrons. The molecule has 2 aromatic heterocycles. The van der Waals surface area contributed by atoms with Gasteiger partial charge in [-0.3, -0.25) is 9.59 Å². The average molecular weight is 461 g/mol. The molecule has 8 nitrogen and oxygen atoms in total. The Morgan fingerprint density at radius 3 is 2.55 bits per heavy atom. The molecule has 1 saturated heterocycles. The summed E-state index contributed by atoms with van der Waals surface area (Å²) in [6, 6.07) is 0. The molecule has 1 N–H and O–H groups in total. The number of thiophene rings is 1. The zero-order chi connectivity index (χ0) is 22.9. The zero-order valence-electron chi connectivity index (χ0n) is 17.2. The Hall–Kier alpha value is -2.63. The van der Waals surface area contributed by atoms with Crippen molar-refractivity contribution in [1.29, 1.82) is 0 Å². The number of aromatic nitrogens is 2. The number of carbonyl (C=O) groups excluding carboxylic acids is 2. The SMILES string of the molecule is Cc1sc2nc(C(C)OC(=O)C3CCN(C(=O)OCC(F)(F)F)CC3)[nH]c(=O)c2c1C. The summed E-state index contributed by atoms with van der Waals surface area (Å²) in [6.07, 6.45) is -5.97. The number of halogens is 3. The third-order valence-corrected chi connectivity index (χ3v) is 6.28. The summed E-state index contributed by atoms with van der Waals surface area (Å²) in [5.74, 6) is -0.798. The Morgan fingerprint density at radius 1 is 1.29 bits per heavy atom. The number of aromatic amines is 1. The molecule has 0 spiro atoms. The van der Waals surface area contributed by atoms with Gasteiger partial charge >= 0.3 is 18.2 Å². The third-order valence-electron chi connectivity index (χ3n) is 5.18. The van der Waals surface area contributed by atoms with Crippen LogP contribution in [0.15, 0.2) is 4.79 Å². The number of piperidine rings is 1. The first-order valence-corrected chi connectivity index (χ1v) is 10.5. The van der Waals surface area contributed by atoms with Crippen molar-refractivity contribution in [2.24, 2.45) is 5.92 Å². The van der Waals surface area contributed by atoms with Crippen molar-refractivity contribution in [2.45, 2.75) is 45.9 Å². The van der Waals surface area contributed by atoms with Crippen LogP contribution in [0.5, 0.6) is 0 Å². The van der Waals surface area contributed by atoms with Gasteiger partial charge in [0.15, 0.2) is 18.5 Å². The van der Waals surface area contributed by atoms with Crippen LogP contribution < -0.4 is 5.56 Å². The second-order valence-corrected chi connectivity index (χ2v) is 8.63.